The minimum Gasteiger partial charge on any atom is -0.378 e. The van der Waals surface area contributed by atoms with Crippen LogP contribution in [0.25, 0.3) is 0 Å². The van der Waals surface area contributed by atoms with E-state index in [0.717, 1.165) is 23.4 Å². The molecular formula is C14H12F3N3. The second-order valence-electron chi connectivity index (χ2n) is 4.39. The summed E-state index contributed by atoms with van der Waals surface area (Å²) in [6.45, 7) is 2.03. The SMILES string of the molecule is Cc1c(CNc2ccc(F)c(F)c2F)cc(C#N)n1C. The molecule has 0 spiro atoms. The molecule has 0 unspecified atom stereocenters. The number of hydrogen-bond acceptors (Lipinski definition) is 2. The third-order valence-corrected chi connectivity index (χ3v) is 3.26. The van der Waals surface area contributed by atoms with Crippen molar-refractivity contribution in [2.75, 3.05) is 5.32 Å². The van der Waals surface area contributed by atoms with E-state index in [0.29, 0.717) is 5.69 Å². The molecule has 1 N–H and O–H groups in total. The smallest absolute Gasteiger partial charge is 0.196 e. The Morgan fingerprint density at radius 2 is 1.95 bits per heavy atom. The second kappa shape index (κ2) is 5.29. The Kier molecular flexibility index (Phi) is 3.70. The van der Waals surface area contributed by atoms with Gasteiger partial charge in [0.1, 0.15) is 11.8 Å². The van der Waals surface area contributed by atoms with Crippen LogP contribution in [0.1, 0.15) is 17.0 Å². The molecule has 2 aromatic rings. The van der Waals surface area contributed by atoms with Crippen molar-refractivity contribution in [3.63, 3.8) is 0 Å². The maximum absolute atomic E-state index is 13.5. The third-order valence-electron chi connectivity index (χ3n) is 3.26. The van der Waals surface area contributed by atoms with Crippen LogP contribution in [0.4, 0.5) is 18.9 Å². The Morgan fingerprint density at radius 1 is 1.25 bits per heavy atom. The highest BCUT2D eigenvalue weighted by Crippen LogP contribution is 2.21. The average Bonchev–Trinajstić information content (AvgIpc) is 2.71. The van der Waals surface area contributed by atoms with Crippen molar-refractivity contribution in [3.8, 4) is 6.07 Å². The maximum Gasteiger partial charge on any atom is 0.196 e. The lowest BCUT2D eigenvalue weighted by molar-refractivity contribution is 0.449. The average molecular weight is 279 g/mol. The minimum absolute atomic E-state index is 0.120. The van der Waals surface area contributed by atoms with Crippen molar-refractivity contribution in [1.82, 2.24) is 4.57 Å². The summed E-state index contributed by atoms with van der Waals surface area (Å²) in [5, 5.41) is 11.6. The molecule has 0 aliphatic carbocycles. The van der Waals surface area contributed by atoms with Crippen LogP contribution in [0.5, 0.6) is 0 Å². The topological polar surface area (TPSA) is 40.8 Å². The number of halogens is 3. The molecule has 0 amide bonds. The standard InChI is InChI=1S/C14H12F3N3/c1-8-9(5-10(6-18)20(8)2)7-19-12-4-3-11(15)13(16)14(12)17/h3-5,19H,7H2,1-2H3. The van der Waals surface area contributed by atoms with Crippen LogP contribution < -0.4 is 5.32 Å². The zero-order valence-electron chi connectivity index (χ0n) is 11.0. The van der Waals surface area contributed by atoms with Gasteiger partial charge in [-0.1, -0.05) is 0 Å². The number of nitrogens with one attached hydrogen (secondary N) is 1. The summed E-state index contributed by atoms with van der Waals surface area (Å²) in [6, 6.07) is 5.70. The number of hydrogen-bond donors (Lipinski definition) is 1. The van der Waals surface area contributed by atoms with Gasteiger partial charge in [0.05, 0.1) is 5.69 Å². The predicted molar refractivity (Wildman–Crippen MR) is 68.5 cm³/mol. The Hall–Kier alpha value is -2.42. The van der Waals surface area contributed by atoms with E-state index in [1.165, 1.54) is 0 Å². The molecule has 6 heteroatoms. The molecule has 1 aromatic carbocycles. The number of benzene rings is 1. The quantitative estimate of drug-likeness (QED) is 0.876. The molecule has 0 fully saturated rings. The van der Waals surface area contributed by atoms with Crippen molar-refractivity contribution in [2.24, 2.45) is 7.05 Å². The van der Waals surface area contributed by atoms with Crippen molar-refractivity contribution >= 4 is 5.69 Å². The summed E-state index contributed by atoms with van der Waals surface area (Å²) < 4.78 is 41.1. The normalized spacial score (nSPS) is 10.4. The number of aromatic nitrogens is 1. The van der Waals surface area contributed by atoms with Gasteiger partial charge in [0.2, 0.25) is 0 Å². The summed E-state index contributed by atoms with van der Waals surface area (Å²) in [6.07, 6.45) is 0. The van der Waals surface area contributed by atoms with Gasteiger partial charge < -0.3 is 9.88 Å². The van der Waals surface area contributed by atoms with E-state index in [-0.39, 0.29) is 12.2 Å². The number of nitrogens with zero attached hydrogens (tertiary/aromatic N) is 2. The van der Waals surface area contributed by atoms with Crippen LogP contribution in [0, 0.1) is 35.7 Å². The molecule has 2 rings (SSSR count). The van der Waals surface area contributed by atoms with Crippen LogP contribution in [0.2, 0.25) is 0 Å². The molecule has 0 saturated carbocycles. The highest BCUT2D eigenvalue weighted by atomic mass is 19.2. The fraction of sp³-hybridized carbons (Fsp3) is 0.214. The molecule has 0 saturated heterocycles. The van der Waals surface area contributed by atoms with Gasteiger partial charge in [0, 0.05) is 19.3 Å². The van der Waals surface area contributed by atoms with E-state index in [4.69, 9.17) is 5.26 Å². The van der Waals surface area contributed by atoms with Gasteiger partial charge in [-0.25, -0.2) is 13.2 Å². The van der Waals surface area contributed by atoms with Gasteiger partial charge in [0.25, 0.3) is 0 Å². The van der Waals surface area contributed by atoms with Crippen LogP contribution in [-0.2, 0) is 13.6 Å². The van der Waals surface area contributed by atoms with Crippen LogP contribution in [0.3, 0.4) is 0 Å². The van der Waals surface area contributed by atoms with Gasteiger partial charge in [-0.15, -0.1) is 0 Å². The lowest BCUT2D eigenvalue weighted by Crippen LogP contribution is -2.05. The molecule has 0 aliphatic rings. The molecule has 0 aliphatic heterocycles. The fourth-order valence-electron chi connectivity index (χ4n) is 1.90. The van der Waals surface area contributed by atoms with Crippen LogP contribution in [-0.4, -0.2) is 4.57 Å². The van der Waals surface area contributed by atoms with Gasteiger partial charge in [-0.05, 0) is 30.7 Å². The van der Waals surface area contributed by atoms with Crippen molar-refractivity contribution in [2.45, 2.75) is 13.5 Å². The van der Waals surface area contributed by atoms with E-state index < -0.39 is 17.5 Å². The summed E-state index contributed by atoms with van der Waals surface area (Å²) in [4.78, 5) is 0. The molecule has 0 atom stereocenters. The van der Waals surface area contributed by atoms with Gasteiger partial charge >= 0.3 is 0 Å². The van der Waals surface area contributed by atoms with E-state index in [1.54, 1.807) is 17.7 Å². The molecule has 20 heavy (non-hydrogen) atoms. The van der Waals surface area contributed by atoms with E-state index >= 15 is 0 Å². The number of nitriles is 1. The molecule has 0 radical (unpaired) electrons. The highest BCUT2D eigenvalue weighted by molar-refractivity contribution is 5.47. The first-order valence-corrected chi connectivity index (χ1v) is 5.88. The third kappa shape index (κ3) is 2.35. The van der Waals surface area contributed by atoms with Gasteiger partial charge in [0.15, 0.2) is 17.5 Å². The predicted octanol–water partition coefficient (Wildman–Crippen LogP) is 3.23. The van der Waals surface area contributed by atoms with Gasteiger partial charge in [-0.3, -0.25) is 0 Å². The monoisotopic (exact) mass is 279 g/mol. The largest absolute Gasteiger partial charge is 0.378 e. The summed E-state index contributed by atoms with van der Waals surface area (Å²) in [5.74, 6) is -3.98. The summed E-state index contributed by atoms with van der Waals surface area (Å²) in [5.41, 5.74) is 1.99. The lowest BCUT2D eigenvalue weighted by atomic mass is 10.2. The Morgan fingerprint density at radius 3 is 2.55 bits per heavy atom. The second-order valence-corrected chi connectivity index (χ2v) is 4.39. The first-order valence-electron chi connectivity index (χ1n) is 5.88. The molecule has 1 aromatic heterocycles. The summed E-state index contributed by atoms with van der Waals surface area (Å²) in [7, 11) is 1.75. The summed E-state index contributed by atoms with van der Waals surface area (Å²) >= 11 is 0. The zero-order chi connectivity index (χ0) is 14.9. The first-order chi connectivity index (χ1) is 9.45. The minimum atomic E-state index is -1.50. The molecule has 1 heterocycles. The zero-order valence-corrected chi connectivity index (χ0v) is 11.0. The Bertz CT molecular complexity index is 699. The number of rotatable bonds is 3. The van der Waals surface area contributed by atoms with E-state index in [1.807, 2.05) is 13.0 Å². The van der Waals surface area contributed by atoms with Crippen LogP contribution in [0.15, 0.2) is 18.2 Å². The Labute approximate surface area is 114 Å². The molecule has 0 bridgehead atoms. The molecule has 104 valence electrons. The van der Waals surface area contributed by atoms with Crippen molar-refractivity contribution < 1.29 is 13.2 Å². The van der Waals surface area contributed by atoms with Crippen molar-refractivity contribution in [3.05, 3.63) is 52.6 Å². The fourth-order valence-corrected chi connectivity index (χ4v) is 1.90. The van der Waals surface area contributed by atoms with E-state index in [9.17, 15) is 13.2 Å². The first kappa shape index (κ1) is 14.0. The van der Waals surface area contributed by atoms with Crippen molar-refractivity contribution in [1.29, 1.82) is 5.26 Å². The van der Waals surface area contributed by atoms with Gasteiger partial charge in [-0.2, -0.15) is 5.26 Å². The van der Waals surface area contributed by atoms with Crippen LogP contribution >= 0.6 is 0 Å². The molecular weight excluding hydrogens is 267 g/mol. The Balaban J connectivity index is 2.22. The lowest BCUT2D eigenvalue weighted by Gasteiger charge is -2.08. The molecule has 3 nitrogen and oxygen atoms in total. The number of anilines is 1. The maximum atomic E-state index is 13.5. The van der Waals surface area contributed by atoms with E-state index in [2.05, 4.69) is 5.32 Å². The highest BCUT2D eigenvalue weighted by Gasteiger charge is 2.14.